The number of nitrogens with one attached hydrogen (secondary N) is 2. The highest BCUT2D eigenvalue weighted by Gasteiger charge is 2.16. The Balaban J connectivity index is 1.64. The fourth-order valence-electron chi connectivity index (χ4n) is 2.77. The van der Waals surface area contributed by atoms with Crippen LogP contribution in [0.1, 0.15) is 31.8 Å². The molecule has 142 valence electrons. The van der Waals surface area contributed by atoms with Crippen molar-refractivity contribution in [2.24, 2.45) is 0 Å². The molecule has 0 atom stereocenters. The van der Waals surface area contributed by atoms with Crippen LogP contribution in [0.4, 0.5) is 0 Å². The van der Waals surface area contributed by atoms with E-state index < -0.39 is 0 Å². The molecule has 3 aromatic rings. The Morgan fingerprint density at radius 2 is 1.14 bits per heavy atom. The average Bonchev–Trinajstić information content (AvgIpc) is 2.77. The van der Waals surface area contributed by atoms with Crippen molar-refractivity contribution in [2.75, 3.05) is 7.11 Å². The van der Waals surface area contributed by atoms with Gasteiger partial charge in [-0.15, -0.1) is 0 Å². The van der Waals surface area contributed by atoms with Gasteiger partial charge in [-0.2, -0.15) is 0 Å². The average molecular weight is 374 g/mol. The fraction of sp³-hybridized carbons (Fsp3) is 0.130. The van der Waals surface area contributed by atoms with Crippen LogP contribution >= 0.6 is 0 Å². The molecule has 5 heteroatoms. The molecule has 3 aromatic carbocycles. The summed E-state index contributed by atoms with van der Waals surface area (Å²) in [6.07, 6.45) is 0. The number of methoxy groups -OCH3 is 1. The van der Waals surface area contributed by atoms with Crippen LogP contribution in [0, 0.1) is 0 Å². The molecule has 0 aliphatic heterocycles. The monoisotopic (exact) mass is 374 g/mol. The molecule has 28 heavy (non-hydrogen) atoms. The van der Waals surface area contributed by atoms with Gasteiger partial charge in [0.15, 0.2) is 0 Å². The van der Waals surface area contributed by atoms with E-state index >= 15 is 0 Å². The van der Waals surface area contributed by atoms with Crippen molar-refractivity contribution >= 4 is 11.8 Å². The Labute approximate surface area is 164 Å². The molecule has 0 aromatic heterocycles. The maximum atomic E-state index is 12.6. The number of benzene rings is 3. The third-order valence-corrected chi connectivity index (χ3v) is 4.32. The highest BCUT2D eigenvalue weighted by atomic mass is 16.5. The van der Waals surface area contributed by atoms with Gasteiger partial charge < -0.3 is 15.4 Å². The lowest BCUT2D eigenvalue weighted by Crippen LogP contribution is -2.29. The van der Waals surface area contributed by atoms with E-state index in [0.717, 1.165) is 16.9 Å². The molecule has 0 aliphatic rings. The maximum absolute atomic E-state index is 12.6. The Morgan fingerprint density at radius 3 is 1.64 bits per heavy atom. The van der Waals surface area contributed by atoms with Gasteiger partial charge in [-0.05, 0) is 35.4 Å². The van der Waals surface area contributed by atoms with Gasteiger partial charge >= 0.3 is 0 Å². The van der Waals surface area contributed by atoms with Gasteiger partial charge in [-0.1, -0.05) is 54.6 Å². The van der Waals surface area contributed by atoms with Gasteiger partial charge in [-0.25, -0.2) is 0 Å². The van der Waals surface area contributed by atoms with Crippen molar-refractivity contribution in [2.45, 2.75) is 13.1 Å². The summed E-state index contributed by atoms with van der Waals surface area (Å²) >= 11 is 0. The van der Waals surface area contributed by atoms with Gasteiger partial charge in [0.1, 0.15) is 5.75 Å². The second-order valence-electron chi connectivity index (χ2n) is 6.24. The summed E-state index contributed by atoms with van der Waals surface area (Å²) in [5.41, 5.74) is 2.64. The highest BCUT2D eigenvalue weighted by molar-refractivity contribution is 6.07. The second kappa shape index (κ2) is 9.37. The molecule has 2 amide bonds. The standard InChI is InChI=1S/C23H22N2O3/c1-28-19-13-11-18(12-14-19)16-25-23(27)21-10-6-5-9-20(21)22(26)24-15-17-7-3-2-4-8-17/h2-14H,15-16H2,1H3,(H,24,26)(H,25,27). The number of carbonyl (C=O) groups is 2. The Morgan fingerprint density at radius 1 is 0.679 bits per heavy atom. The topological polar surface area (TPSA) is 67.4 Å². The van der Waals surface area contributed by atoms with Crippen molar-refractivity contribution in [1.29, 1.82) is 0 Å². The van der Waals surface area contributed by atoms with Crippen LogP contribution in [-0.4, -0.2) is 18.9 Å². The van der Waals surface area contributed by atoms with Crippen molar-refractivity contribution in [3.63, 3.8) is 0 Å². The van der Waals surface area contributed by atoms with E-state index in [1.807, 2.05) is 54.6 Å². The van der Waals surface area contributed by atoms with E-state index in [1.165, 1.54) is 0 Å². The van der Waals surface area contributed by atoms with Gasteiger partial charge in [0.05, 0.1) is 18.2 Å². The van der Waals surface area contributed by atoms with Crippen LogP contribution < -0.4 is 15.4 Å². The lowest BCUT2D eigenvalue weighted by Gasteiger charge is -2.11. The number of ether oxygens (including phenoxy) is 1. The zero-order chi connectivity index (χ0) is 19.8. The molecule has 3 rings (SSSR count). The molecule has 5 nitrogen and oxygen atoms in total. The molecule has 2 N–H and O–H groups in total. The van der Waals surface area contributed by atoms with Crippen molar-refractivity contribution in [3.05, 3.63) is 101 Å². The molecule has 0 spiro atoms. The third-order valence-electron chi connectivity index (χ3n) is 4.32. The molecule has 0 unspecified atom stereocenters. The van der Waals surface area contributed by atoms with E-state index in [0.29, 0.717) is 24.2 Å². The summed E-state index contributed by atoms with van der Waals surface area (Å²) in [5.74, 6) is 0.191. The van der Waals surface area contributed by atoms with Gasteiger partial charge in [-0.3, -0.25) is 9.59 Å². The van der Waals surface area contributed by atoms with Crippen LogP contribution in [0.5, 0.6) is 5.75 Å². The Hall–Kier alpha value is -3.60. The minimum absolute atomic E-state index is 0.279. The molecule has 0 saturated carbocycles. The number of amides is 2. The normalized spacial score (nSPS) is 10.2. The number of hydrogen-bond acceptors (Lipinski definition) is 3. The van der Waals surface area contributed by atoms with Gasteiger partial charge in [0.2, 0.25) is 0 Å². The zero-order valence-corrected chi connectivity index (χ0v) is 15.6. The maximum Gasteiger partial charge on any atom is 0.252 e. The van der Waals surface area contributed by atoms with E-state index in [4.69, 9.17) is 4.74 Å². The Bertz CT molecular complexity index is 938. The highest BCUT2D eigenvalue weighted by Crippen LogP contribution is 2.13. The number of hydrogen-bond donors (Lipinski definition) is 2. The summed E-state index contributed by atoms with van der Waals surface area (Å²) in [7, 11) is 1.61. The van der Waals surface area contributed by atoms with Crippen LogP contribution in [0.2, 0.25) is 0 Å². The summed E-state index contributed by atoms with van der Waals surface area (Å²) in [5, 5.41) is 5.73. The summed E-state index contributed by atoms with van der Waals surface area (Å²) in [6.45, 7) is 0.768. The second-order valence-corrected chi connectivity index (χ2v) is 6.24. The third kappa shape index (κ3) is 4.98. The largest absolute Gasteiger partial charge is 0.497 e. The molecular weight excluding hydrogens is 352 g/mol. The number of carbonyl (C=O) groups excluding carboxylic acids is 2. The molecular formula is C23H22N2O3. The van der Waals surface area contributed by atoms with E-state index in [9.17, 15) is 9.59 Å². The first kappa shape index (κ1) is 19.2. The minimum atomic E-state index is -0.290. The lowest BCUT2D eigenvalue weighted by atomic mass is 10.1. The summed E-state index contributed by atoms with van der Waals surface area (Å²) < 4.78 is 5.13. The summed E-state index contributed by atoms with van der Waals surface area (Å²) in [4.78, 5) is 25.2. The van der Waals surface area contributed by atoms with Crippen molar-refractivity contribution < 1.29 is 14.3 Å². The zero-order valence-electron chi connectivity index (χ0n) is 15.6. The fourth-order valence-corrected chi connectivity index (χ4v) is 2.77. The van der Waals surface area contributed by atoms with Crippen LogP contribution in [0.3, 0.4) is 0 Å². The van der Waals surface area contributed by atoms with Crippen molar-refractivity contribution in [1.82, 2.24) is 10.6 Å². The van der Waals surface area contributed by atoms with Crippen LogP contribution in [-0.2, 0) is 13.1 Å². The molecule has 0 heterocycles. The molecule has 0 radical (unpaired) electrons. The van der Waals surface area contributed by atoms with Crippen LogP contribution in [0.15, 0.2) is 78.9 Å². The molecule has 0 saturated heterocycles. The Kier molecular flexibility index (Phi) is 6.41. The van der Waals surface area contributed by atoms with Gasteiger partial charge in [0.25, 0.3) is 11.8 Å². The van der Waals surface area contributed by atoms with Crippen LogP contribution in [0.25, 0.3) is 0 Å². The lowest BCUT2D eigenvalue weighted by molar-refractivity contribution is 0.0916. The molecule has 0 fully saturated rings. The smallest absolute Gasteiger partial charge is 0.252 e. The first-order chi connectivity index (χ1) is 13.7. The quantitative estimate of drug-likeness (QED) is 0.665. The summed E-state index contributed by atoms with van der Waals surface area (Å²) in [6, 6.07) is 23.9. The molecule has 0 bridgehead atoms. The molecule has 0 aliphatic carbocycles. The number of rotatable bonds is 7. The van der Waals surface area contributed by atoms with E-state index in [-0.39, 0.29) is 11.8 Å². The van der Waals surface area contributed by atoms with E-state index in [1.54, 1.807) is 31.4 Å². The predicted octanol–water partition coefficient (Wildman–Crippen LogP) is 3.56. The van der Waals surface area contributed by atoms with Gasteiger partial charge in [0, 0.05) is 13.1 Å². The first-order valence-electron chi connectivity index (χ1n) is 8.99. The minimum Gasteiger partial charge on any atom is -0.497 e. The van der Waals surface area contributed by atoms with Crippen molar-refractivity contribution in [3.8, 4) is 5.75 Å². The van der Waals surface area contributed by atoms with E-state index in [2.05, 4.69) is 10.6 Å². The predicted molar refractivity (Wildman–Crippen MR) is 108 cm³/mol. The first-order valence-corrected chi connectivity index (χ1v) is 8.99. The SMILES string of the molecule is COc1ccc(CNC(=O)c2ccccc2C(=O)NCc2ccccc2)cc1.